The summed E-state index contributed by atoms with van der Waals surface area (Å²) in [7, 11) is 0. The van der Waals surface area contributed by atoms with Crippen molar-refractivity contribution < 1.29 is 14.0 Å². The van der Waals surface area contributed by atoms with Gasteiger partial charge in [-0.25, -0.2) is 0 Å². The fraction of sp³-hybridized carbons (Fsp3) is 0.0526. The second-order valence-electron chi connectivity index (χ2n) is 5.24. The Labute approximate surface area is 137 Å². The molecule has 2 aromatic carbocycles. The maximum absolute atomic E-state index is 13.0. The Balaban J connectivity index is 2.04. The number of ketones is 2. The summed E-state index contributed by atoms with van der Waals surface area (Å²) in [5.74, 6) is -0.234. The van der Waals surface area contributed by atoms with E-state index in [4.69, 9.17) is 4.42 Å². The molecular weight excluding hydrogens is 308 g/mol. The van der Waals surface area contributed by atoms with Gasteiger partial charge in [-0.1, -0.05) is 66.4 Å². The Morgan fingerprint density at radius 2 is 1.39 bits per heavy atom. The number of rotatable bonds is 2. The van der Waals surface area contributed by atoms with Crippen molar-refractivity contribution in [3.8, 4) is 11.1 Å². The van der Waals surface area contributed by atoms with E-state index in [0.717, 1.165) is 5.56 Å². The monoisotopic (exact) mass is 320 g/mol. The highest BCUT2D eigenvalue weighted by molar-refractivity contribution is 7.98. The maximum Gasteiger partial charge on any atom is 0.229 e. The van der Waals surface area contributed by atoms with Crippen LogP contribution in [0.4, 0.5) is 0 Å². The van der Waals surface area contributed by atoms with Gasteiger partial charge in [0.1, 0.15) is 0 Å². The van der Waals surface area contributed by atoms with Crippen LogP contribution in [0, 0.1) is 0 Å². The van der Waals surface area contributed by atoms with Crippen LogP contribution in [0.3, 0.4) is 0 Å². The van der Waals surface area contributed by atoms with Crippen LogP contribution < -0.4 is 0 Å². The quantitative estimate of drug-likeness (QED) is 0.512. The standard InChI is InChI=1S/C19H12O3S/c1-23-19-14(11-7-3-2-4-8-11)15-16(20)12-9-5-6-10-13(12)17(21)18(15)22-19/h2-10H,1H3. The molecule has 4 rings (SSSR count). The van der Waals surface area contributed by atoms with Crippen molar-refractivity contribution in [2.24, 2.45) is 0 Å². The molecule has 0 saturated carbocycles. The summed E-state index contributed by atoms with van der Waals surface area (Å²) < 4.78 is 5.77. The second-order valence-corrected chi connectivity index (χ2v) is 6.02. The van der Waals surface area contributed by atoms with Crippen LogP contribution in [0.1, 0.15) is 32.0 Å². The third-order valence-electron chi connectivity index (χ3n) is 3.97. The maximum atomic E-state index is 13.0. The van der Waals surface area contributed by atoms with E-state index in [1.54, 1.807) is 24.3 Å². The smallest absolute Gasteiger partial charge is 0.229 e. The molecule has 112 valence electrons. The van der Waals surface area contributed by atoms with Crippen molar-refractivity contribution in [1.82, 2.24) is 0 Å². The van der Waals surface area contributed by atoms with E-state index in [-0.39, 0.29) is 17.3 Å². The summed E-state index contributed by atoms with van der Waals surface area (Å²) in [5.41, 5.74) is 2.81. The number of furan rings is 1. The predicted octanol–water partition coefficient (Wildman–Crippen LogP) is 4.44. The number of carbonyl (C=O) groups is 2. The van der Waals surface area contributed by atoms with Crippen molar-refractivity contribution in [3.63, 3.8) is 0 Å². The van der Waals surface area contributed by atoms with Crippen molar-refractivity contribution in [3.05, 3.63) is 77.0 Å². The highest BCUT2D eigenvalue weighted by Gasteiger charge is 2.37. The normalized spacial score (nSPS) is 12.9. The first-order chi connectivity index (χ1) is 11.2. The van der Waals surface area contributed by atoms with E-state index in [1.807, 2.05) is 36.6 Å². The number of carbonyl (C=O) groups excluding carboxylic acids is 2. The van der Waals surface area contributed by atoms with Crippen LogP contribution in [0.25, 0.3) is 11.1 Å². The lowest BCUT2D eigenvalue weighted by molar-refractivity contribution is 0.0957. The average Bonchev–Trinajstić information content (AvgIpc) is 3.00. The van der Waals surface area contributed by atoms with Gasteiger partial charge in [0.05, 0.1) is 5.56 Å². The fourth-order valence-corrected chi connectivity index (χ4v) is 3.52. The second kappa shape index (κ2) is 5.25. The Hall–Kier alpha value is -2.59. The largest absolute Gasteiger partial charge is 0.445 e. The molecule has 0 radical (unpaired) electrons. The molecule has 0 spiro atoms. The molecule has 1 aliphatic rings. The van der Waals surface area contributed by atoms with Crippen LogP contribution >= 0.6 is 11.8 Å². The Bertz CT molecular complexity index is 939. The molecule has 3 nitrogen and oxygen atoms in total. The first-order valence-electron chi connectivity index (χ1n) is 7.17. The van der Waals surface area contributed by atoms with Gasteiger partial charge in [-0.15, -0.1) is 0 Å². The minimum absolute atomic E-state index is 0.150. The van der Waals surface area contributed by atoms with Gasteiger partial charge in [-0.3, -0.25) is 9.59 Å². The van der Waals surface area contributed by atoms with Gasteiger partial charge in [0.15, 0.2) is 16.6 Å². The summed E-state index contributed by atoms with van der Waals surface area (Å²) in [4.78, 5) is 25.7. The van der Waals surface area contributed by atoms with Gasteiger partial charge in [-0.05, 0) is 11.8 Å². The van der Waals surface area contributed by atoms with Gasteiger partial charge in [0, 0.05) is 16.7 Å². The van der Waals surface area contributed by atoms with Crippen LogP contribution in [-0.2, 0) is 0 Å². The third-order valence-corrected chi connectivity index (χ3v) is 4.63. The van der Waals surface area contributed by atoms with Crippen LogP contribution in [0.15, 0.2) is 64.1 Å². The van der Waals surface area contributed by atoms with E-state index in [0.29, 0.717) is 27.3 Å². The Kier molecular flexibility index (Phi) is 3.20. The molecule has 0 N–H and O–H groups in total. The van der Waals surface area contributed by atoms with E-state index < -0.39 is 0 Å². The Morgan fingerprint density at radius 1 is 0.783 bits per heavy atom. The molecule has 0 amide bonds. The SMILES string of the molecule is CSc1oc2c(c1-c1ccccc1)C(=O)c1ccccc1C2=O. The zero-order valence-corrected chi connectivity index (χ0v) is 13.1. The lowest BCUT2D eigenvalue weighted by Gasteiger charge is -2.13. The average molecular weight is 320 g/mol. The van der Waals surface area contributed by atoms with Crippen molar-refractivity contribution >= 4 is 23.3 Å². The number of thioether (sulfide) groups is 1. The van der Waals surface area contributed by atoms with Crippen molar-refractivity contribution in [2.75, 3.05) is 6.26 Å². The van der Waals surface area contributed by atoms with Gasteiger partial charge in [0.2, 0.25) is 5.78 Å². The predicted molar refractivity (Wildman–Crippen MR) is 89.2 cm³/mol. The summed E-state index contributed by atoms with van der Waals surface area (Å²) in [6.45, 7) is 0. The van der Waals surface area contributed by atoms with Crippen LogP contribution in [-0.4, -0.2) is 17.8 Å². The molecule has 1 heterocycles. The minimum Gasteiger partial charge on any atom is -0.445 e. The van der Waals surface area contributed by atoms with Gasteiger partial charge in [-0.2, -0.15) is 0 Å². The van der Waals surface area contributed by atoms with Gasteiger partial charge in [0.25, 0.3) is 0 Å². The lowest BCUT2D eigenvalue weighted by Crippen LogP contribution is -2.19. The Morgan fingerprint density at radius 3 is 2.04 bits per heavy atom. The highest BCUT2D eigenvalue weighted by atomic mass is 32.2. The topological polar surface area (TPSA) is 47.3 Å². The molecular formula is C19H12O3S. The van der Waals surface area contributed by atoms with Gasteiger partial charge >= 0.3 is 0 Å². The molecule has 0 aliphatic heterocycles. The molecule has 0 bridgehead atoms. The van der Waals surface area contributed by atoms with Crippen LogP contribution in [0.2, 0.25) is 0 Å². The molecule has 4 heteroatoms. The van der Waals surface area contributed by atoms with E-state index in [9.17, 15) is 9.59 Å². The number of benzene rings is 2. The molecule has 1 aromatic heterocycles. The number of hydrogen-bond donors (Lipinski definition) is 0. The summed E-state index contributed by atoms with van der Waals surface area (Å²) in [6, 6.07) is 16.5. The molecule has 0 saturated heterocycles. The van der Waals surface area contributed by atoms with Crippen LogP contribution in [0.5, 0.6) is 0 Å². The molecule has 1 aliphatic carbocycles. The van der Waals surface area contributed by atoms with E-state index in [1.165, 1.54) is 11.8 Å². The summed E-state index contributed by atoms with van der Waals surface area (Å²) in [5, 5.41) is 0.593. The number of fused-ring (bicyclic) bond motifs is 2. The van der Waals surface area contributed by atoms with Crippen molar-refractivity contribution in [2.45, 2.75) is 5.09 Å². The van der Waals surface area contributed by atoms with E-state index >= 15 is 0 Å². The van der Waals surface area contributed by atoms with E-state index in [2.05, 4.69) is 0 Å². The molecule has 3 aromatic rings. The summed E-state index contributed by atoms with van der Waals surface area (Å²) in [6.07, 6.45) is 1.87. The van der Waals surface area contributed by atoms with Crippen molar-refractivity contribution in [1.29, 1.82) is 0 Å². The first kappa shape index (κ1) is 14.0. The zero-order valence-electron chi connectivity index (χ0n) is 12.3. The molecule has 23 heavy (non-hydrogen) atoms. The molecule has 0 fully saturated rings. The first-order valence-corrected chi connectivity index (χ1v) is 8.39. The molecule has 0 atom stereocenters. The molecule has 0 unspecified atom stereocenters. The minimum atomic E-state index is -0.229. The number of hydrogen-bond acceptors (Lipinski definition) is 4. The highest BCUT2D eigenvalue weighted by Crippen LogP contribution is 2.42. The van der Waals surface area contributed by atoms with Gasteiger partial charge < -0.3 is 4.42 Å². The third kappa shape index (κ3) is 1.99. The fourth-order valence-electron chi connectivity index (χ4n) is 2.93. The zero-order chi connectivity index (χ0) is 16.0. The summed E-state index contributed by atoms with van der Waals surface area (Å²) >= 11 is 1.40. The lowest BCUT2D eigenvalue weighted by atomic mass is 9.85.